The van der Waals surface area contributed by atoms with Gasteiger partial charge in [0.1, 0.15) is 5.75 Å². The van der Waals surface area contributed by atoms with Gasteiger partial charge in [-0.05, 0) is 43.0 Å². The van der Waals surface area contributed by atoms with Gasteiger partial charge in [-0.1, -0.05) is 25.0 Å². The normalized spacial score (nSPS) is 24.9. The zero-order valence-electron chi connectivity index (χ0n) is 14.8. The van der Waals surface area contributed by atoms with Crippen molar-refractivity contribution in [2.45, 2.75) is 56.8 Å². The molecular weight excluding hydrogens is 314 g/mol. The molecule has 2 atom stereocenters. The molecule has 1 N–H and O–H groups in total. The second-order valence-corrected chi connectivity index (χ2v) is 7.34. The monoisotopic (exact) mass is 341 g/mol. The summed E-state index contributed by atoms with van der Waals surface area (Å²) in [7, 11) is 1.69. The van der Waals surface area contributed by atoms with Crippen molar-refractivity contribution in [1.82, 2.24) is 14.7 Å². The Balaban J connectivity index is 1.50. The van der Waals surface area contributed by atoms with Crippen molar-refractivity contribution < 1.29 is 9.84 Å². The minimum atomic E-state index is -0.284. The first-order valence-electron chi connectivity index (χ1n) is 9.33. The number of aliphatic hydroxyl groups is 1. The van der Waals surface area contributed by atoms with E-state index in [4.69, 9.17) is 9.84 Å². The largest absolute Gasteiger partial charge is 0.497 e. The fourth-order valence-corrected chi connectivity index (χ4v) is 4.29. The van der Waals surface area contributed by atoms with Gasteiger partial charge in [0.15, 0.2) is 0 Å². The average Bonchev–Trinajstić information content (AvgIpc) is 3.36. The fraction of sp³-hybridized carbons (Fsp3) is 0.550. The van der Waals surface area contributed by atoms with Crippen LogP contribution in [-0.2, 0) is 6.54 Å². The Morgan fingerprint density at radius 2 is 2.08 bits per heavy atom. The van der Waals surface area contributed by atoms with Crippen LogP contribution < -0.4 is 4.74 Å². The fourth-order valence-electron chi connectivity index (χ4n) is 4.29. The molecule has 0 unspecified atom stereocenters. The predicted molar refractivity (Wildman–Crippen MR) is 96.5 cm³/mol. The second kappa shape index (κ2) is 7.18. The highest BCUT2D eigenvalue weighted by atomic mass is 16.5. The third-order valence-corrected chi connectivity index (χ3v) is 5.59. The summed E-state index contributed by atoms with van der Waals surface area (Å²) in [5.41, 5.74) is 2.29. The summed E-state index contributed by atoms with van der Waals surface area (Å²) in [6.45, 7) is 1.47. The van der Waals surface area contributed by atoms with Crippen molar-refractivity contribution in [1.29, 1.82) is 0 Å². The van der Waals surface area contributed by atoms with Crippen LogP contribution >= 0.6 is 0 Å². The number of nitrogens with zero attached hydrogens (tertiary/aromatic N) is 3. The lowest BCUT2D eigenvalue weighted by Gasteiger charge is -2.24. The van der Waals surface area contributed by atoms with Gasteiger partial charge in [0, 0.05) is 25.3 Å². The van der Waals surface area contributed by atoms with Gasteiger partial charge in [-0.25, -0.2) is 0 Å². The lowest BCUT2D eigenvalue weighted by Crippen LogP contribution is -2.24. The first-order valence-corrected chi connectivity index (χ1v) is 9.33. The standard InChI is InChI=1S/C20H27N3O2/c1-25-19-8-4-5-15(11-19)20-12-18(24)14-22(20)13-16-9-10-23(21-16)17-6-2-3-7-17/h4-5,8-11,17-18,20,24H,2-3,6-7,12-14H2,1H3/t18-,20-/m1/s1. The molecule has 1 aromatic heterocycles. The van der Waals surface area contributed by atoms with Crippen molar-refractivity contribution >= 4 is 0 Å². The van der Waals surface area contributed by atoms with Crippen molar-refractivity contribution in [3.8, 4) is 5.75 Å². The summed E-state index contributed by atoms with van der Waals surface area (Å²) in [6, 6.07) is 11.1. The molecule has 1 saturated carbocycles. The molecular formula is C20H27N3O2. The molecule has 2 aliphatic rings. The van der Waals surface area contributed by atoms with Crippen LogP contribution in [0.3, 0.4) is 0 Å². The van der Waals surface area contributed by atoms with Crippen LogP contribution in [0.25, 0.3) is 0 Å². The number of rotatable bonds is 5. The summed E-state index contributed by atoms with van der Waals surface area (Å²) in [6.07, 6.45) is 7.72. The van der Waals surface area contributed by atoms with E-state index in [2.05, 4.69) is 34.0 Å². The van der Waals surface area contributed by atoms with Crippen molar-refractivity contribution in [3.05, 3.63) is 47.8 Å². The van der Waals surface area contributed by atoms with E-state index in [0.29, 0.717) is 12.6 Å². The molecule has 134 valence electrons. The van der Waals surface area contributed by atoms with Crippen LogP contribution in [0.4, 0.5) is 0 Å². The number of hydrogen-bond acceptors (Lipinski definition) is 4. The summed E-state index contributed by atoms with van der Waals surface area (Å²) in [4.78, 5) is 2.33. The Morgan fingerprint density at radius 3 is 2.88 bits per heavy atom. The van der Waals surface area contributed by atoms with Crippen molar-refractivity contribution in [3.63, 3.8) is 0 Å². The number of ether oxygens (including phenoxy) is 1. The van der Waals surface area contributed by atoms with Crippen LogP contribution in [0.2, 0.25) is 0 Å². The molecule has 4 rings (SSSR count). The first kappa shape index (κ1) is 16.6. The SMILES string of the molecule is COc1cccc([C@H]2C[C@@H](O)CN2Cc2ccn(C3CCCC3)n2)c1. The van der Waals surface area contributed by atoms with Crippen LogP contribution in [0, 0.1) is 0 Å². The average molecular weight is 341 g/mol. The van der Waals surface area contributed by atoms with E-state index in [1.807, 2.05) is 12.1 Å². The maximum absolute atomic E-state index is 10.2. The number of hydrogen-bond donors (Lipinski definition) is 1. The Labute approximate surface area is 149 Å². The molecule has 2 fully saturated rings. The molecule has 5 heteroatoms. The van der Waals surface area contributed by atoms with E-state index in [9.17, 15) is 5.11 Å². The first-order chi connectivity index (χ1) is 12.2. The molecule has 1 saturated heterocycles. The molecule has 1 aliphatic carbocycles. The van der Waals surface area contributed by atoms with E-state index in [1.54, 1.807) is 7.11 Å². The molecule has 0 amide bonds. The van der Waals surface area contributed by atoms with E-state index in [1.165, 1.54) is 31.2 Å². The van der Waals surface area contributed by atoms with Crippen LogP contribution in [0.1, 0.15) is 55.4 Å². The van der Waals surface area contributed by atoms with Gasteiger partial charge >= 0.3 is 0 Å². The van der Waals surface area contributed by atoms with Gasteiger partial charge in [-0.3, -0.25) is 9.58 Å². The maximum atomic E-state index is 10.2. The van der Waals surface area contributed by atoms with Gasteiger partial charge in [0.2, 0.25) is 0 Å². The molecule has 1 aromatic carbocycles. The lowest BCUT2D eigenvalue weighted by molar-refractivity contribution is 0.172. The topological polar surface area (TPSA) is 50.5 Å². The third kappa shape index (κ3) is 3.58. The number of methoxy groups -OCH3 is 1. The molecule has 0 spiro atoms. The number of β-amino-alcohol motifs (C(OH)–C–C–N with tert-alkyl or cyclic N) is 1. The molecule has 2 aromatic rings. The minimum Gasteiger partial charge on any atom is -0.497 e. The summed E-state index contributed by atoms with van der Waals surface area (Å²) in [5.74, 6) is 0.865. The van der Waals surface area contributed by atoms with Gasteiger partial charge in [0.25, 0.3) is 0 Å². The second-order valence-electron chi connectivity index (χ2n) is 7.34. The quantitative estimate of drug-likeness (QED) is 0.906. The van der Waals surface area contributed by atoms with Gasteiger partial charge < -0.3 is 9.84 Å². The molecule has 25 heavy (non-hydrogen) atoms. The highest BCUT2D eigenvalue weighted by Crippen LogP contribution is 2.35. The van der Waals surface area contributed by atoms with Crippen molar-refractivity contribution in [2.75, 3.05) is 13.7 Å². The van der Waals surface area contributed by atoms with E-state index < -0.39 is 0 Å². The minimum absolute atomic E-state index is 0.210. The molecule has 0 radical (unpaired) electrons. The van der Waals surface area contributed by atoms with Gasteiger partial charge in [-0.2, -0.15) is 5.10 Å². The smallest absolute Gasteiger partial charge is 0.119 e. The molecule has 1 aliphatic heterocycles. The number of benzene rings is 1. The number of likely N-dealkylation sites (tertiary alicyclic amines) is 1. The van der Waals surface area contributed by atoms with E-state index in [0.717, 1.165) is 24.4 Å². The summed E-state index contributed by atoms with van der Waals surface area (Å²) >= 11 is 0. The highest BCUT2D eigenvalue weighted by molar-refractivity contribution is 5.31. The Hall–Kier alpha value is -1.85. The molecule has 0 bridgehead atoms. The van der Waals surface area contributed by atoms with Gasteiger partial charge in [0.05, 0.1) is 24.9 Å². The lowest BCUT2D eigenvalue weighted by atomic mass is 10.0. The van der Waals surface area contributed by atoms with Crippen LogP contribution in [0.5, 0.6) is 5.75 Å². The van der Waals surface area contributed by atoms with Crippen LogP contribution in [-0.4, -0.2) is 39.5 Å². The Morgan fingerprint density at radius 1 is 1.24 bits per heavy atom. The Bertz CT molecular complexity index is 708. The molecule has 5 nitrogen and oxygen atoms in total. The molecule has 2 heterocycles. The maximum Gasteiger partial charge on any atom is 0.119 e. The van der Waals surface area contributed by atoms with Crippen molar-refractivity contribution in [2.24, 2.45) is 0 Å². The number of aromatic nitrogens is 2. The Kier molecular flexibility index (Phi) is 4.77. The third-order valence-electron chi connectivity index (χ3n) is 5.59. The number of aliphatic hydroxyl groups excluding tert-OH is 1. The zero-order valence-corrected chi connectivity index (χ0v) is 14.8. The summed E-state index contributed by atoms with van der Waals surface area (Å²) < 4.78 is 7.51. The summed E-state index contributed by atoms with van der Waals surface area (Å²) in [5, 5.41) is 15.0. The van der Waals surface area contributed by atoms with Crippen LogP contribution in [0.15, 0.2) is 36.5 Å². The van der Waals surface area contributed by atoms with E-state index >= 15 is 0 Å². The zero-order chi connectivity index (χ0) is 17.2. The van der Waals surface area contributed by atoms with Gasteiger partial charge in [-0.15, -0.1) is 0 Å². The highest BCUT2D eigenvalue weighted by Gasteiger charge is 2.32. The van der Waals surface area contributed by atoms with E-state index in [-0.39, 0.29) is 12.1 Å². The predicted octanol–water partition coefficient (Wildman–Crippen LogP) is 3.31.